The van der Waals surface area contributed by atoms with Crippen molar-refractivity contribution in [2.75, 3.05) is 182 Å². The largest absolute Gasteiger partial charge is 0.459 e. The van der Waals surface area contributed by atoms with Gasteiger partial charge in [-0.3, -0.25) is 9.13 Å². The Kier molecular flexibility index (Phi) is 23.1. The molecule has 1 saturated carbocycles. The van der Waals surface area contributed by atoms with Gasteiger partial charge in [-0.1, -0.05) is 0 Å². The van der Waals surface area contributed by atoms with E-state index < -0.39 is 5.60 Å². The topological polar surface area (TPSA) is 455 Å². The van der Waals surface area contributed by atoms with Crippen LogP contribution in [0.3, 0.4) is 0 Å². The van der Waals surface area contributed by atoms with Crippen molar-refractivity contribution in [1.82, 2.24) is 147 Å². The van der Waals surface area contributed by atoms with Crippen molar-refractivity contribution in [3.05, 3.63) is 109 Å². The molecule has 2 spiro atoms. The lowest BCUT2D eigenvalue weighted by molar-refractivity contribution is -0.232. The summed E-state index contributed by atoms with van der Waals surface area (Å²) in [5.74, 6) is 13.8. The molecule has 27 rings (SSSR count). The Morgan fingerprint density at radius 2 is 0.588 bits per heavy atom. The van der Waals surface area contributed by atoms with E-state index in [1.54, 1.807) is 62.0 Å². The average Bonchev–Trinajstić information content (AvgIpc) is 1.57. The van der Waals surface area contributed by atoms with Crippen LogP contribution in [-0.4, -0.2) is 317 Å². The number of nitrogens with zero attached hydrogens (tertiary/aromatic N) is 35. The number of anilines is 5. The number of hydrogen-bond donors (Lipinski definition) is 0. The molecule has 0 unspecified atom stereocenters. The van der Waals surface area contributed by atoms with Gasteiger partial charge in [-0.25, -0.2) is 115 Å². The van der Waals surface area contributed by atoms with Crippen LogP contribution in [0.5, 0.6) is 12.0 Å². The zero-order valence-corrected chi connectivity index (χ0v) is 77.0. The van der Waals surface area contributed by atoms with E-state index in [-0.39, 0.29) is 11.2 Å². The molecule has 26 heterocycles. The Bertz CT molecular complexity index is 6780. The molecule has 7 fully saturated rings. The first-order valence-electron chi connectivity index (χ1n) is 46.7. The third-order valence-corrected chi connectivity index (χ3v) is 26.2. The van der Waals surface area contributed by atoms with E-state index >= 15 is 0 Å². The molecule has 136 heavy (non-hydrogen) atoms. The molecule has 6 saturated heterocycles. The number of imidazole rings is 5. The van der Waals surface area contributed by atoms with Crippen LogP contribution >= 0.6 is 0 Å². The van der Waals surface area contributed by atoms with E-state index in [1.165, 1.54) is 0 Å². The summed E-state index contributed by atoms with van der Waals surface area (Å²) in [5.41, 5.74) is 11.6. The lowest BCUT2D eigenvalue weighted by Gasteiger charge is -2.43. The maximum atomic E-state index is 6.24. The van der Waals surface area contributed by atoms with Crippen LogP contribution in [0.25, 0.3) is 113 Å². The smallest absolute Gasteiger partial charge is 0.299 e. The lowest BCUT2D eigenvalue weighted by atomic mass is 10.00. The van der Waals surface area contributed by atoms with Crippen LogP contribution in [0.2, 0.25) is 0 Å². The Balaban J connectivity index is 0.0000000957. The van der Waals surface area contributed by atoms with E-state index in [9.17, 15) is 0 Å². The van der Waals surface area contributed by atoms with E-state index in [0.717, 1.165) is 284 Å². The second-order valence-electron chi connectivity index (χ2n) is 36.0. The minimum absolute atomic E-state index is 0.0115. The summed E-state index contributed by atoms with van der Waals surface area (Å²) >= 11 is 0. The highest BCUT2D eigenvalue weighted by Crippen LogP contribution is 2.48. The second kappa shape index (κ2) is 36.2. The molecule has 0 amide bonds. The zero-order valence-electron chi connectivity index (χ0n) is 77.0. The summed E-state index contributed by atoms with van der Waals surface area (Å²) in [5, 5.41) is 0. The Labute approximate surface area is 779 Å². The Morgan fingerprint density at radius 3 is 0.956 bits per heavy atom. The van der Waals surface area contributed by atoms with Gasteiger partial charge < -0.3 is 85.6 Å². The first-order valence-corrected chi connectivity index (χ1v) is 46.7. The van der Waals surface area contributed by atoms with Crippen molar-refractivity contribution in [2.45, 2.75) is 143 Å². The van der Waals surface area contributed by atoms with Crippen molar-refractivity contribution in [3.63, 3.8) is 0 Å². The first kappa shape index (κ1) is 86.5. The van der Waals surface area contributed by atoms with Crippen LogP contribution in [0.15, 0.2) is 62.0 Å². The number of aryl methyl sites for hydroxylation is 9. The van der Waals surface area contributed by atoms with Crippen molar-refractivity contribution >= 4 is 84.9 Å². The Morgan fingerprint density at radius 1 is 0.272 bits per heavy atom. The van der Waals surface area contributed by atoms with Crippen LogP contribution in [0, 0.1) is 34.6 Å². The third-order valence-electron chi connectivity index (χ3n) is 26.2. The summed E-state index contributed by atoms with van der Waals surface area (Å²) < 4.78 is 67.6. The molecule has 15 aromatic rings. The molecule has 0 atom stereocenters. The molecule has 15 aromatic heterocycles. The molecule has 0 bridgehead atoms. The molecule has 12 aliphatic rings. The number of rotatable bonds is 10. The van der Waals surface area contributed by atoms with Gasteiger partial charge in [0.1, 0.15) is 64.4 Å². The predicted octanol–water partition coefficient (Wildman–Crippen LogP) is 6.75. The zero-order chi connectivity index (χ0) is 91.8. The van der Waals surface area contributed by atoms with Gasteiger partial charge in [-0.05, 0) is 67.7 Å². The van der Waals surface area contributed by atoms with Crippen LogP contribution in [0.1, 0.15) is 92.5 Å². The Hall–Kier alpha value is -13.6. The van der Waals surface area contributed by atoms with Crippen LogP contribution in [-0.2, 0) is 89.2 Å². The molecule has 1 aliphatic carbocycles. The minimum Gasteiger partial charge on any atom is -0.459 e. The molecule has 45 nitrogen and oxygen atoms in total. The molecule has 0 N–H and O–H groups in total. The highest BCUT2D eigenvalue weighted by atomic mass is 16.6. The van der Waals surface area contributed by atoms with Crippen molar-refractivity contribution in [1.29, 1.82) is 0 Å². The second-order valence-corrected chi connectivity index (χ2v) is 36.0. The van der Waals surface area contributed by atoms with Crippen molar-refractivity contribution in [2.24, 2.45) is 0 Å². The van der Waals surface area contributed by atoms with Gasteiger partial charge in [-0.15, -0.1) is 0 Å². The number of hydrogen-bond acceptors (Lipinski definition) is 40. The fourth-order valence-electron chi connectivity index (χ4n) is 18.4. The molecule has 0 aromatic carbocycles. The molecule has 45 heteroatoms. The SMILES string of the molecule is Cc1ncc(-c2nc(N3CCOCC3)c3nc4n(c3n2)CCC(C)(C)O4)cn1.Cc1ncc(-c2nc(N3CCOCC3)c3nc4n(c3n2)CCC2(CC2)O4)cn1.Cc1ncc(-c2nc(N3CCOCC3)c3nc4n(c3n2)CCC4)cn1.Cc1ncc(-c2nc(N3CCOCC3)c3nc4n(c3n2)CCOC4)cn1.Cc1ncc(-c2nc(N3CCOCC3)c3nc4n(c3n2)CCOC42COC2)cn1. The van der Waals surface area contributed by atoms with Gasteiger partial charge in [0.15, 0.2) is 120 Å². The summed E-state index contributed by atoms with van der Waals surface area (Å²) in [7, 11) is 0. The lowest BCUT2D eigenvalue weighted by Crippen LogP contribution is -2.53. The fourth-order valence-corrected chi connectivity index (χ4v) is 18.4. The molecule has 702 valence electrons. The standard InChI is InChI=1S/C19H21N7O3.C19H21N7O2.C19H23N7O2.C17H19N7O2.C17H19N7O/c1-12-20-8-13(9-21-12)15-23-16(25-2-5-27-6-3-25)14-17(24-15)26-4-7-29-19(10-28-11-19)18(26)22-14;1-12-20-10-13(11-21-12)15-23-16(25-6-8-27-9-7-25)14-17(24-15)26-5-4-19(2-3-19)28-18(26)22-14;1-12-20-10-13(11-21-12)15-23-16(25-6-8-27-9-7-25)14-17(24-15)26-5-4-19(2,3)28-18(26)22-14;1-11-18-8-12(9-19-11)15-21-16(23-2-5-25-6-3-23)14-17(22-15)24-4-7-26-10-13(24)20-14;1-11-18-9-12(10-19-11)15-21-16(23-5-7-25-8-6-23)14-17(22-15)24-4-2-3-13(24)20-14/h8-9H,2-7,10-11H2,1H3;10-11H,2-9H2,1H3;10-11H,4-9H2,1-3H3;8-9H,2-7,10H2,1H3;9-10H,2-8H2,1H3. The summed E-state index contributed by atoms with van der Waals surface area (Å²) in [6, 6.07) is 1.27. The number of morpholine rings is 5. The average molecular weight is 1850 g/mol. The summed E-state index contributed by atoms with van der Waals surface area (Å²) in [6.45, 7) is 35.1. The quantitative estimate of drug-likeness (QED) is 0.137. The summed E-state index contributed by atoms with van der Waals surface area (Å²) in [6.07, 6.45) is 24.0. The van der Waals surface area contributed by atoms with E-state index in [2.05, 4.69) is 106 Å². The van der Waals surface area contributed by atoms with Gasteiger partial charge in [0.2, 0.25) is 0 Å². The number of aromatic nitrogens is 30. The summed E-state index contributed by atoms with van der Waals surface area (Å²) in [4.78, 5) is 127. The maximum Gasteiger partial charge on any atom is 0.299 e. The molecule has 11 aliphatic heterocycles. The highest BCUT2D eigenvalue weighted by molar-refractivity contribution is 5.91. The van der Waals surface area contributed by atoms with Crippen molar-refractivity contribution in [3.8, 4) is 69.0 Å². The maximum absolute atomic E-state index is 6.24. The van der Waals surface area contributed by atoms with Gasteiger partial charge in [0.25, 0.3) is 12.0 Å². The van der Waals surface area contributed by atoms with Crippen molar-refractivity contribution < 1.29 is 47.4 Å². The van der Waals surface area contributed by atoms with Crippen LogP contribution < -0.4 is 34.0 Å². The van der Waals surface area contributed by atoms with E-state index in [4.69, 9.17) is 122 Å². The predicted molar refractivity (Wildman–Crippen MR) is 494 cm³/mol. The molecular weight excluding hydrogens is 1740 g/mol. The first-order chi connectivity index (χ1) is 66.5. The highest BCUT2D eigenvalue weighted by Gasteiger charge is 2.51. The van der Waals surface area contributed by atoms with Crippen LogP contribution in [0.4, 0.5) is 29.1 Å². The van der Waals surface area contributed by atoms with Gasteiger partial charge in [-0.2, -0.15) is 9.97 Å². The van der Waals surface area contributed by atoms with E-state index in [1.807, 2.05) is 39.2 Å². The third kappa shape index (κ3) is 17.0. The molecular formula is C91H103N35O10. The van der Waals surface area contributed by atoms with E-state index in [0.29, 0.717) is 153 Å². The number of fused-ring (bicyclic) bond motifs is 16. The fraction of sp³-hybridized carbons (Fsp3) is 0.505. The monoisotopic (exact) mass is 1850 g/mol. The minimum atomic E-state index is -0.464. The van der Waals surface area contributed by atoms with Gasteiger partial charge in [0.05, 0.1) is 120 Å². The normalized spacial score (nSPS) is 18.9. The van der Waals surface area contributed by atoms with Gasteiger partial charge >= 0.3 is 0 Å². The molecule has 0 radical (unpaired) electrons. The number of ether oxygens (including phenoxy) is 10. The van der Waals surface area contributed by atoms with Gasteiger partial charge in [0, 0.05) is 179 Å².